The lowest BCUT2D eigenvalue weighted by Gasteiger charge is -2.33. The summed E-state index contributed by atoms with van der Waals surface area (Å²) in [6.45, 7) is 4.06. The molecule has 1 aliphatic carbocycles. The second kappa shape index (κ2) is 3.95. The Morgan fingerprint density at radius 3 is 2.75 bits per heavy atom. The van der Waals surface area contributed by atoms with Gasteiger partial charge in [-0.05, 0) is 25.0 Å². The van der Waals surface area contributed by atoms with Crippen molar-refractivity contribution in [1.82, 2.24) is 9.55 Å². The molecule has 4 heteroatoms. The first-order chi connectivity index (χ1) is 9.72. The number of hydrogen-bond acceptors (Lipinski definition) is 3. The van der Waals surface area contributed by atoms with E-state index in [1.54, 1.807) is 4.57 Å². The molecule has 2 aliphatic rings. The Morgan fingerprint density at radius 2 is 1.95 bits per heavy atom. The highest BCUT2D eigenvalue weighted by atomic mass is 16.5. The molecule has 0 N–H and O–H groups in total. The van der Waals surface area contributed by atoms with Gasteiger partial charge in [-0.25, -0.2) is 4.57 Å². The van der Waals surface area contributed by atoms with Gasteiger partial charge in [0, 0.05) is 0 Å². The molecule has 0 saturated heterocycles. The molecule has 20 heavy (non-hydrogen) atoms. The molecule has 2 aromatic rings. The minimum absolute atomic E-state index is 0.00819. The number of ether oxygens (including phenoxy) is 1. The maximum Gasteiger partial charge on any atom is 0.306 e. The monoisotopic (exact) mass is 268 g/mol. The van der Waals surface area contributed by atoms with Crippen molar-refractivity contribution in [3.05, 3.63) is 47.0 Å². The van der Waals surface area contributed by atoms with Gasteiger partial charge in [-0.1, -0.05) is 38.0 Å². The Hall–Kier alpha value is -2.10. The Labute approximate surface area is 116 Å². The van der Waals surface area contributed by atoms with E-state index in [1.165, 1.54) is 6.42 Å². The molecule has 102 valence electrons. The molecular weight excluding hydrogens is 252 g/mol. The van der Waals surface area contributed by atoms with E-state index in [0.29, 0.717) is 22.7 Å². The van der Waals surface area contributed by atoms with Crippen LogP contribution in [0.4, 0.5) is 0 Å². The minimum atomic E-state index is -0.373. The van der Waals surface area contributed by atoms with Crippen molar-refractivity contribution in [2.45, 2.75) is 37.6 Å². The van der Waals surface area contributed by atoms with Gasteiger partial charge in [-0.3, -0.25) is 4.79 Å². The largest absolute Gasteiger partial charge is 0.428 e. The summed E-state index contributed by atoms with van der Waals surface area (Å²) in [5.74, 6) is 0.678. The molecule has 1 aliphatic heterocycles. The van der Waals surface area contributed by atoms with E-state index in [1.807, 2.05) is 24.3 Å². The summed E-state index contributed by atoms with van der Waals surface area (Å²) in [5, 5.41) is 0.652. The first kappa shape index (κ1) is 11.7. The lowest BCUT2D eigenvalue weighted by atomic mass is 9.80. The average molecular weight is 268 g/mol. The van der Waals surface area contributed by atoms with Gasteiger partial charge in [0.15, 0.2) is 0 Å². The fourth-order valence-electron chi connectivity index (χ4n) is 3.53. The normalized spacial score (nSPS) is 20.1. The Morgan fingerprint density at radius 1 is 1.20 bits per heavy atom. The molecule has 1 aromatic heterocycles. The van der Waals surface area contributed by atoms with E-state index in [2.05, 4.69) is 11.6 Å². The van der Waals surface area contributed by atoms with Gasteiger partial charge < -0.3 is 4.74 Å². The maximum atomic E-state index is 12.8. The molecule has 1 spiro atoms. The molecule has 2 heterocycles. The van der Waals surface area contributed by atoms with Gasteiger partial charge in [0.1, 0.15) is 11.3 Å². The van der Waals surface area contributed by atoms with Gasteiger partial charge >= 0.3 is 6.01 Å². The number of nitrogens with zero attached hydrogens (tertiary/aromatic N) is 2. The van der Waals surface area contributed by atoms with Gasteiger partial charge in [0.25, 0.3) is 5.56 Å². The Balaban J connectivity index is 2.05. The maximum absolute atomic E-state index is 12.8. The third kappa shape index (κ3) is 1.36. The number of aromatic nitrogens is 2. The van der Waals surface area contributed by atoms with Crippen molar-refractivity contribution in [3.63, 3.8) is 0 Å². The molecule has 0 unspecified atom stereocenters. The van der Waals surface area contributed by atoms with E-state index >= 15 is 0 Å². The number of allylic oxidation sites excluding steroid dienone is 1. The highest BCUT2D eigenvalue weighted by molar-refractivity contribution is 5.78. The van der Waals surface area contributed by atoms with Crippen LogP contribution in [0, 0.1) is 0 Å². The van der Waals surface area contributed by atoms with Crippen molar-refractivity contribution < 1.29 is 4.74 Å². The van der Waals surface area contributed by atoms with Crippen LogP contribution in [0.3, 0.4) is 0 Å². The number of para-hydroxylation sites is 1. The van der Waals surface area contributed by atoms with Crippen LogP contribution in [-0.4, -0.2) is 9.55 Å². The lowest BCUT2D eigenvalue weighted by Crippen LogP contribution is -2.40. The van der Waals surface area contributed by atoms with Gasteiger partial charge in [0.05, 0.1) is 10.9 Å². The summed E-state index contributed by atoms with van der Waals surface area (Å²) < 4.78 is 7.49. The Bertz CT molecular complexity index is 770. The van der Waals surface area contributed by atoms with Gasteiger partial charge in [-0.15, -0.1) is 0 Å². The van der Waals surface area contributed by atoms with Gasteiger partial charge in [0.2, 0.25) is 0 Å². The molecule has 0 atom stereocenters. The highest BCUT2D eigenvalue weighted by Gasteiger charge is 2.46. The van der Waals surface area contributed by atoms with Crippen LogP contribution in [0.25, 0.3) is 10.9 Å². The fraction of sp³-hybridized carbons (Fsp3) is 0.375. The second-order valence-electron chi connectivity index (χ2n) is 5.67. The van der Waals surface area contributed by atoms with E-state index in [4.69, 9.17) is 4.74 Å². The highest BCUT2D eigenvalue weighted by Crippen LogP contribution is 2.46. The van der Waals surface area contributed by atoms with Crippen molar-refractivity contribution in [1.29, 1.82) is 0 Å². The van der Waals surface area contributed by atoms with E-state index < -0.39 is 0 Å². The third-order valence-electron chi connectivity index (χ3n) is 4.59. The first-order valence-electron chi connectivity index (χ1n) is 7.12. The minimum Gasteiger partial charge on any atom is -0.428 e. The average Bonchev–Trinajstić information content (AvgIpc) is 2.73. The predicted octanol–water partition coefficient (Wildman–Crippen LogP) is 2.96. The summed E-state index contributed by atoms with van der Waals surface area (Å²) in [4.78, 5) is 17.3. The summed E-state index contributed by atoms with van der Waals surface area (Å²) in [6.07, 6.45) is 5.24. The van der Waals surface area contributed by atoms with E-state index in [9.17, 15) is 4.79 Å². The van der Waals surface area contributed by atoms with Crippen molar-refractivity contribution in [2.24, 2.45) is 0 Å². The van der Waals surface area contributed by atoms with Crippen molar-refractivity contribution in [2.75, 3.05) is 0 Å². The predicted molar refractivity (Wildman–Crippen MR) is 76.8 cm³/mol. The Kier molecular flexibility index (Phi) is 2.31. The molecule has 1 aromatic carbocycles. The van der Waals surface area contributed by atoms with Crippen molar-refractivity contribution >= 4 is 10.9 Å². The molecule has 4 rings (SSSR count). The van der Waals surface area contributed by atoms with Crippen LogP contribution in [0.15, 0.2) is 41.4 Å². The molecular formula is C16H16N2O2. The second-order valence-corrected chi connectivity index (χ2v) is 5.67. The summed E-state index contributed by atoms with van der Waals surface area (Å²) >= 11 is 0. The zero-order valence-electron chi connectivity index (χ0n) is 11.3. The first-order valence-corrected chi connectivity index (χ1v) is 7.12. The quantitative estimate of drug-likeness (QED) is 0.738. The van der Waals surface area contributed by atoms with Crippen LogP contribution in [0.1, 0.15) is 32.1 Å². The molecule has 0 amide bonds. The summed E-state index contributed by atoms with van der Waals surface area (Å²) in [5.41, 5.74) is 0.303. The molecule has 1 fully saturated rings. The topological polar surface area (TPSA) is 44.1 Å². The number of fused-ring (bicyclic) bond motifs is 3. The molecule has 0 bridgehead atoms. The van der Waals surface area contributed by atoms with Gasteiger partial charge in [-0.2, -0.15) is 4.98 Å². The van der Waals surface area contributed by atoms with Crippen LogP contribution >= 0.6 is 0 Å². The zero-order chi connectivity index (χ0) is 13.7. The van der Waals surface area contributed by atoms with E-state index in [-0.39, 0.29) is 11.1 Å². The molecule has 1 saturated carbocycles. The number of hydrogen-bond donors (Lipinski definition) is 0. The standard InChI is InChI=1S/C16H16N2O2/c1-11-16(9-5-2-6-10-16)18-14(19)12-7-3-4-8-13(12)17-15(18)20-11/h3-4,7-8H,1-2,5-6,9-10H2. The van der Waals surface area contributed by atoms with Crippen LogP contribution < -0.4 is 10.3 Å². The number of benzene rings is 1. The lowest BCUT2D eigenvalue weighted by molar-refractivity contribution is 0.230. The van der Waals surface area contributed by atoms with Crippen molar-refractivity contribution in [3.8, 4) is 6.01 Å². The number of rotatable bonds is 0. The van der Waals surface area contributed by atoms with E-state index in [0.717, 1.165) is 25.7 Å². The van der Waals surface area contributed by atoms with Crippen LogP contribution in [-0.2, 0) is 5.54 Å². The summed E-state index contributed by atoms with van der Waals surface area (Å²) in [7, 11) is 0. The molecule has 4 nitrogen and oxygen atoms in total. The molecule has 0 radical (unpaired) electrons. The van der Waals surface area contributed by atoms with Crippen LogP contribution in [0.5, 0.6) is 6.01 Å². The zero-order valence-corrected chi connectivity index (χ0v) is 11.3. The van der Waals surface area contributed by atoms with Crippen LogP contribution in [0.2, 0.25) is 0 Å². The fourth-order valence-corrected chi connectivity index (χ4v) is 3.53. The summed E-state index contributed by atoms with van der Waals surface area (Å²) in [6, 6.07) is 7.83. The third-order valence-corrected chi connectivity index (χ3v) is 4.59. The smallest absolute Gasteiger partial charge is 0.306 e. The SMILES string of the molecule is C=C1Oc2nc3ccccc3c(=O)n2C12CCCCC2.